The van der Waals surface area contributed by atoms with Crippen LogP contribution in [0.4, 0.5) is 0 Å². The third kappa shape index (κ3) is 2.57. The number of hydrogen-bond acceptors (Lipinski definition) is 3. The molecule has 1 fully saturated rings. The summed E-state index contributed by atoms with van der Waals surface area (Å²) >= 11 is 3.29. The summed E-state index contributed by atoms with van der Waals surface area (Å²) in [6, 6.07) is 3.37. The fourth-order valence-electron chi connectivity index (χ4n) is 2.07. The van der Waals surface area contributed by atoms with Gasteiger partial charge in [0.1, 0.15) is 4.60 Å². The van der Waals surface area contributed by atoms with Crippen molar-refractivity contribution in [2.75, 3.05) is 0 Å². The molecule has 3 rings (SSSR count). The number of aromatic nitrogens is 3. The topological polar surface area (TPSA) is 67.5 Å². The Morgan fingerprint density at radius 2 is 2.17 bits per heavy atom. The van der Waals surface area contributed by atoms with E-state index in [1.807, 2.05) is 0 Å². The third-order valence-electron chi connectivity index (χ3n) is 3.17. The molecule has 0 bridgehead atoms. The summed E-state index contributed by atoms with van der Waals surface area (Å²) in [6.45, 7) is 0. The summed E-state index contributed by atoms with van der Waals surface area (Å²) in [6.07, 6.45) is 3.38. The monoisotopic (exact) mass is 335 g/mol. The van der Waals surface area contributed by atoms with Gasteiger partial charge in [0.2, 0.25) is 0 Å². The molecule has 18 heavy (non-hydrogen) atoms. The Bertz CT molecular complexity index is 610. The predicted molar refractivity (Wildman–Crippen MR) is 71.4 cm³/mol. The number of hydrogen-bond donors (Lipinski definition) is 1. The molecule has 1 aliphatic carbocycles. The molecule has 0 saturated heterocycles. The number of carboxylic acids is 1. The molecule has 0 atom stereocenters. The van der Waals surface area contributed by atoms with Crippen LogP contribution >= 0.6 is 15.9 Å². The van der Waals surface area contributed by atoms with E-state index in [2.05, 4.69) is 26.0 Å². The van der Waals surface area contributed by atoms with Crippen molar-refractivity contribution in [1.82, 2.24) is 14.6 Å². The van der Waals surface area contributed by atoms with Gasteiger partial charge < -0.3 is 5.11 Å². The van der Waals surface area contributed by atoms with Crippen molar-refractivity contribution in [1.29, 1.82) is 0 Å². The Morgan fingerprint density at radius 1 is 1.44 bits per heavy atom. The molecule has 0 aliphatic heterocycles. The summed E-state index contributed by atoms with van der Waals surface area (Å²) in [5.41, 5.74) is 1.62. The van der Waals surface area contributed by atoms with Gasteiger partial charge in [-0.3, -0.25) is 0 Å². The molecule has 5 nitrogen and oxygen atoms in total. The van der Waals surface area contributed by atoms with Gasteiger partial charge in [0, 0.05) is 17.7 Å². The first-order valence-corrected chi connectivity index (χ1v) is 6.24. The molecule has 7 heteroatoms. The first-order chi connectivity index (χ1) is 8.15. The van der Waals surface area contributed by atoms with Gasteiger partial charge in [-0.05, 0) is 34.8 Å². The van der Waals surface area contributed by atoms with E-state index in [1.54, 1.807) is 16.6 Å². The number of rotatable bonds is 2. The summed E-state index contributed by atoms with van der Waals surface area (Å²) in [4.78, 5) is 15.1. The zero-order chi connectivity index (χ0) is 12.0. The molecule has 0 unspecified atom stereocenters. The molecule has 1 saturated carbocycles. The van der Waals surface area contributed by atoms with E-state index in [0.717, 1.165) is 18.5 Å². The Kier molecular flexibility index (Phi) is 4.61. The molecule has 0 amide bonds. The van der Waals surface area contributed by atoms with Crippen molar-refractivity contribution < 1.29 is 9.90 Å². The Hall–Kier alpha value is 0.206. The molecule has 0 radical (unpaired) electrons. The van der Waals surface area contributed by atoms with Crippen LogP contribution in [0.3, 0.4) is 0 Å². The fraction of sp³-hybridized carbons (Fsp3) is 0.364. The Balaban J connectivity index is 0.00000120. The van der Waals surface area contributed by atoms with E-state index in [-0.39, 0.29) is 57.1 Å². The van der Waals surface area contributed by atoms with E-state index in [9.17, 15) is 4.79 Å². The summed E-state index contributed by atoms with van der Waals surface area (Å²) in [7, 11) is 0. The van der Waals surface area contributed by atoms with Crippen molar-refractivity contribution in [3.05, 3.63) is 28.1 Å². The second kappa shape index (κ2) is 5.68. The molecule has 1 aliphatic rings. The first-order valence-electron chi connectivity index (χ1n) is 5.44. The van der Waals surface area contributed by atoms with Gasteiger partial charge in [-0.25, -0.2) is 14.3 Å². The molecule has 90 valence electrons. The van der Waals surface area contributed by atoms with Gasteiger partial charge in [-0.15, -0.1) is 0 Å². The first kappa shape index (κ1) is 14.6. The van der Waals surface area contributed by atoms with E-state index in [1.165, 1.54) is 6.42 Å². The predicted octanol–water partition coefficient (Wildman–Crippen LogP) is 1.81. The van der Waals surface area contributed by atoms with Gasteiger partial charge in [0.25, 0.3) is 0 Å². The van der Waals surface area contributed by atoms with Gasteiger partial charge in [0.05, 0.1) is 0 Å². The number of halogens is 1. The van der Waals surface area contributed by atoms with Crippen molar-refractivity contribution in [3.63, 3.8) is 0 Å². The van der Waals surface area contributed by atoms with Crippen LogP contribution in [-0.2, 0) is 0 Å². The van der Waals surface area contributed by atoms with Crippen LogP contribution in [0.2, 0.25) is 0 Å². The van der Waals surface area contributed by atoms with E-state index in [4.69, 9.17) is 5.11 Å². The third-order valence-corrected chi connectivity index (χ3v) is 3.55. The number of carboxylic acid groups (broad SMARTS) is 1. The molecule has 2 heterocycles. The summed E-state index contributed by atoms with van der Waals surface area (Å²) < 4.78 is 2.41. The standard InChI is InChI=1S/C11H10BrN3O2.K.H/c12-9-5-10-13-7(11(16)17)4-8(15(10)14-9)6-2-1-3-6;;/h4-6H,1-3H2,(H,16,17);;. The molecular formula is C11H11BrKN3O2. The fourth-order valence-corrected chi connectivity index (χ4v) is 2.44. The second-order valence-corrected chi connectivity index (χ2v) is 5.05. The molecule has 0 spiro atoms. The van der Waals surface area contributed by atoms with Gasteiger partial charge in [0.15, 0.2) is 11.3 Å². The van der Waals surface area contributed by atoms with Crippen LogP contribution in [0, 0.1) is 0 Å². The minimum absolute atomic E-state index is 0. The molecule has 0 aromatic carbocycles. The van der Waals surface area contributed by atoms with Crippen LogP contribution < -0.4 is 0 Å². The number of nitrogens with zero attached hydrogens (tertiary/aromatic N) is 3. The molecule has 2 aromatic heterocycles. The molecule has 2 aromatic rings. The average molecular weight is 336 g/mol. The van der Waals surface area contributed by atoms with E-state index < -0.39 is 5.97 Å². The van der Waals surface area contributed by atoms with Crippen molar-refractivity contribution >= 4 is 78.9 Å². The van der Waals surface area contributed by atoms with Crippen molar-refractivity contribution in [2.45, 2.75) is 25.2 Å². The van der Waals surface area contributed by atoms with Gasteiger partial charge >= 0.3 is 57.4 Å². The summed E-state index contributed by atoms with van der Waals surface area (Å²) in [5, 5.41) is 13.3. The van der Waals surface area contributed by atoms with E-state index >= 15 is 0 Å². The number of aromatic carboxylic acids is 1. The quantitative estimate of drug-likeness (QED) is 0.850. The average Bonchev–Trinajstić information content (AvgIpc) is 2.55. The van der Waals surface area contributed by atoms with Gasteiger partial charge in [-0.1, -0.05) is 6.42 Å². The van der Waals surface area contributed by atoms with Crippen LogP contribution in [0.1, 0.15) is 41.4 Å². The van der Waals surface area contributed by atoms with Crippen LogP contribution in [-0.4, -0.2) is 77.1 Å². The maximum atomic E-state index is 11.0. The van der Waals surface area contributed by atoms with Gasteiger partial charge in [-0.2, -0.15) is 5.10 Å². The van der Waals surface area contributed by atoms with E-state index in [0.29, 0.717) is 16.2 Å². The normalized spacial score (nSPS) is 15.2. The number of carbonyl (C=O) groups is 1. The Labute approximate surface area is 155 Å². The Morgan fingerprint density at radius 3 is 2.72 bits per heavy atom. The minimum atomic E-state index is -0.995. The zero-order valence-corrected chi connectivity index (χ0v) is 10.5. The van der Waals surface area contributed by atoms with Crippen LogP contribution in [0.25, 0.3) is 5.65 Å². The SMILES string of the molecule is O=C(O)c1cc(C2CCC2)n2nc(Br)cc2n1.[KH]. The number of fused-ring (bicyclic) bond motifs is 1. The van der Waals surface area contributed by atoms with Crippen LogP contribution in [0.15, 0.2) is 16.7 Å². The van der Waals surface area contributed by atoms with Crippen molar-refractivity contribution in [2.24, 2.45) is 0 Å². The molecular weight excluding hydrogens is 325 g/mol. The summed E-state index contributed by atoms with van der Waals surface area (Å²) in [5.74, 6) is -0.587. The second-order valence-electron chi connectivity index (χ2n) is 4.24. The zero-order valence-electron chi connectivity index (χ0n) is 8.93. The van der Waals surface area contributed by atoms with Crippen molar-refractivity contribution in [3.8, 4) is 0 Å². The molecule has 1 N–H and O–H groups in total. The van der Waals surface area contributed by atoms with Crippen LogP contribution in [0.5, 0.6) is 0 Å². The maximum absolute atomic E-state index is 11.0.